The Kier molecular flexibility index (Phi) is 10.3. The first-order valence-electron chi connectivity index (χ1n) is 6.31. The van der Waals surface area contributed by atoms with E-state index in [1.165, 1.54) is 6.42 Å². The van der Waals surface area contributed by atoms with Crippen LogP contribution in [0.5, 0.6) is 0 Å². The molecule has 92 valence electrons. The van der Waals surface area contributed by atoms with E-state index in [-0.39, 0.29) is 0 Å². The molecule has 0 aromatic carbocycles. The molecule has 0 radical (unpaired) electrons. The van der Waals surface area contributed by atoms with Crippen LogP contribution in [0.2, 0.25) is 0 Å². The quantitative estimate of drug-likeness (QED) is 0.602. The van der Waals surface area contributed by atoms with Crippen LogP contribution in [0.1, 0.15) is 34.1 Å². The summed E-state index contributed by atoms with van der Waals surface area (Å²) in [7, 11) is 0. The third-order valence-electron chi connectivity index (χ3n) is 2.70. The lowest BCUT2D eigenvalue weighted by molar-refractivity contribution is 0.116. The van der Waals surface area contributed by atoms with Gasteiger partial charge in [0.05, 0.1) is 6.61 Å². The van der Waals surface area contributed by atoms with Gasteiger partial charge in [0.25, 0.3) is 0 Å². The van der Waals surface area contributed by atoms with Crippen molar-refractivity contribution in [2.45, 2.75) is 40.2 Å². The van der Waals surface area contributed by atoms with Gasteiger partial charge in [-0.3, -0.25) is 0 Å². The van der Waals surface area contributed by atoms with Crippen molar-refractivity contribution in [3.05, 3.63) is 0 Å². The number of rotatable bonds is 10. The molecule has 1 unspecified atom stereocenters. The Labute approximate surface area is 95.2 Å². The van der Waals surface area contributed by atoms with Gasteiger partial charge in [0.15, 0.2) is 0 Å². The van der Waals surface area contributed by atoms with Crippen molar-refractivity contribution in [1.29, 1.82) is 0 Å². The zero-order valence-electron chi connectivity index (χ0n) is 10.9. The van der Waals surface area contributed by atoms with Gasteiger partial charge >= 0.3 is 0 Å². The molecule has 0 fully saturated rings. The molecule has 0 aromatic heterocycles. The summed E-state index contributed by atoms with van der Waals surface area (Å²) >= 11 is 0. The first kappa shape index (κ1) is 14.9. The summed E-state index contributed by atoms with van der Waals surface area (Å²) in [6, 6.07) is 0.510. The average Bonchev–Trinajstić information content (AvgIpc) is 2.27. The molecule has 0 spiro atoms. The first-order valence-corrected chi connectivity index (χ1v) is 6.31. The summed E-state index contributed by atoms with van der Waals surface area (Å²) in [5.74, 6) is 0. The zero-order chi connectivity index (χ0) is 11.5. The monoisotopic (exact) mass is 216 g/mol. The van der Waals surface area contributed by atoms with Crippen molar-refractivity contribution >= 4 is 0 Å². The Morgan fingerprint density at radius 2 is 1.80 bits per heavy atom. The van der Waals surface area contributed by atoms with Crippen LogP contribution in [0.15, 0.2) is 0 Å². The van der Waals surface area contributed by atoms with Crippen LogP contribution in [0.3, 0.4) is 0 Å². The van der Waals surface area contributed by atoms with Crippen LogP contribution < -0.4 is 5.32 Å². The molecule has 3 heteroatoms. The Morgan fingerprint density at radius 1 is 1.13 bits per heavy atom. The standard InChI is InChI=1S/C12H28N2O/c1-5-13-12(11-15-8-4)9-10-14(6-2)7-3/h12-13H,5-11H2,1-4H3. The van der Waals surface area contributed by atoms with E-state index < -0.39 is 0 Å². The highest BCUT2D eigenvalue weighted by atomic mass is 16.5. The van der Waals surface area contributed by atoms with Gasteiger partial charge < -0.3 is 15.0 Å². The molecular formula is C12H28N2O. The molecule has 0 aliphatic carbocycles. The van der Waals surface area contributed by atoms with Crippen molar-refractivity contribution < 1.29 is 4.74 Å². The average molecular weight is 216 g/mol. The number of nitrogens with one attached hydrogen (secondary N) is 1. The van der Waals surface area contributed by atoms with Crippen molar-refractivity contribution in [2.75, 3.05) is 39.4 Å². The predicted molar refractivity (Wildman–Crippen MR) is 66.4 cm³/mol. The molecule has 0 aliphatic heterocycles. The van der Waals surface area contributed by atoms with Crippen LogP contribution in [0, 0.1) is 0 Å². The van der Waals surface area contributed by atoms with E-state index >= 15 is 0 Å². The fourth-order valence-electron chi connectivity index (χ4n) is 1.67. The van der Waals surface area contributed by atoms with Crippen molar-refractivity contribution in [2.24, 2.45) is 0 Å². The molecule has 0 rings (SSSR count). The third-order valence-corrected chi connectivity index (χ3v) is 2.70. The summed E-state index contributed by atoms with van der Waals surface area (Å²) in [5.41, 5.74) is 0. The van der Waals surface area contributed by atoms with Gasteiger partial charge in [-0.25, -0.2) is 0 Å². The second-order valence-electron chi connectivity index (χ2n) is 3.73. The normalized spacial score (nSPS) is 13.4. The molecule has 0 saturated heterocycles. The molecule has 0 heterocycles. The maximum atomic E-state index is 5.47. The second-order valence-corrected chi connectivity index (χ2v) is 3.73. The minimum Gasteiger partial charge on any atom is -0.380 e. The molecule has 0 bridgehead atoms. The smallest absolute Gasteiger partial charge is 0.0619 e. The van der Waals surface area contributed by atoms with Gasteiger partial charge in [-0.15, -0.1) is 0 Å². The minimum atomic E-state index is 0.510. The van der Waals surface area contributed by atoms with Gasteiger partial charge in [0.1, 0.15) is 0 Å². The SMILES string of the molecule is CCNC(CCN(CC)CC)COCC. The van der Waals surface area contributed by atoms with Crippen molar-refractivity contribution in [3.8, 4) is 0 Å². The molecule has 3 nitrogen and oxygen atoms in total. The topological polar surface area (TPSA) is 24.5 Å². The van der Waals surface area contributed by atoms with Crippen molar-refractivity contribution in [3.63, 3.8) is 0 Å². The molecule has 1 atom stereocenters. The van der Waals surface area contributed by atoms with Gasteiger partial charge in [-0.1, -0.05) is 20.8 Å². The van der Waals surface area contributed by atoms with Crippen LogP contribution in [-0.2, 0) is 4.74 Å². The highest BCUT2D eigenvalue weighted by Gasteiger charge is 2.08. The summed E-state index contributed by atoms with van der Waals surface area (Å²) in [6.45, 7) is 14.8. The maximum absolute atomic E-state index is 5.47. The molecule has 0 saturated carbocycles. The fourth-order valence-corrected chi connectivity index (χ4v) is 1.67. The molecular weight excluding hydrogens is 188 g/mol. The second kappa shape index (κ2) is 10.4. The van der Waals surface area contributed by atoms with Gasteiger partial charge in [-0.2, -0.15) is 0 Å². The van der Waals surface area contributed by atoms with Gasteiger partial charge in [-0.05, 0) is 39.5 Å². The number of likely N-dealkylation sites (N-methyl/N-ethyl adjacent to an activating group) is 1. The largest absolute Gasteiger partial charge is 0.380 e. The lowest BCUT2D eigenvalue weighted by Crippen LogP contribution is -2.37. The Morgan fingerprint density at radius 3 is 2.27 bits per heavy atom. The Bertz CT molecular complexity index is 127. The molecule has 0 aromatic rings. The highest BCUT2D eigenvalue weighted by molar-refractivity contribution is 4.67. The van der Waals surface area contributed by atoms with Crippen LogP contribution in [-0.4, -0.2) is 50.3 Å². The van der Waals surface area contributed by atoms with Gasteiger partial charge in [0.2, 0.25) is 0 Å². The summed E-state index contributed by atoms with van der Waals surface area (Å²) in [4.78, 5) is 2.45. The van der Waals surface area contributed by atoms with E-state index in [4.69, 9.17) is 4.74 Å². The molecule has 1 N–H and O–H groups in total. The number of ether oxygens (including phenoxy) is 1. The highest BCUT2D eigenvalue weighted by Crippen LogP contribution is 1.97. The van der Waals surface area contributed by atoms with Crippen LogP contribution in [0.25, 0.3) is 0 Å². The maximum Gasteiger partial charge on any atom is 0.0619 e. The number of hydrogen-bond donors (Lipinski definition) is 1. The molecule has 0 aliphatic rings. The Balaban J connectivity index is 3.72. The van der Waals surface area contributed by atoms with E-state index in [1.807, 2.05) is 6.92 Å². The number of nitrogens with zero attached hydrogens (tertiary/aromatic N) is 1. The van der Waals surface area contributed by atoms with Crippen molar-refractivity contribution in [1.82, 2.24) is 10.2 Å². The van der Waals surface area contributed by atoms with Crippen LogP contribution >= 0.6 is 0 Å². The first-order chi connectivity index (χ1) is 7.28. The third kappa shape index (κ3) is 7.77. The summed E-state index contributed by atoms with van der Waals surface area (Å²) in [6.07, 6.45) is 1.18. The molecule has 15 heavy (non-hydrogen) atoms. The van der Waals surface area contributed by atoms with Crippen LogP contribution in [0.4, 0.5) is 0 Å². The predicted octanol–water partition coefficient (Wildman–Crippen LogP) is 1.73. The van der Waals surface area contributed by atoms with Gasteiger partial charge in [0, 0.05) is 12.6 Å². The zero-order valence-corrected chi connectivity index (χ0v) is 10.9. The lowest BCUT2D eigenvalue weighted by atomic mass is 10.2. The van der Waals surface area contributed by atoms with E-state index in [0.29, 0.717) is 6.04 Å². The molecule has 0 amide bonds. The number of hydrogen-bond acceptors (Lipinski definition) is 3. The lowest BCUT2D eigenvalue weighted by Gasteiger charge is -2.23. The minimum absolute atomic E-state index is 0.510. The van der Waals surface area contributed by atoms with E-state index in [9.17, 15) is 0 Å². The van der Waals surface area contributed by atoms with E-state index in [2.05, 4.69) is 31.0 Å². The fraction of sp³-hybridized carbons (Fsp3) is 1.00. The summed E-state index contributed by atoms with van der Waals surface area (Å²) < 4.78 is 5.47. The Hall–Kier alpha value is -0.120. The summed E-state index contributed by atoms with van der Waals surface area (Å²) in [5, 5.41) is 3.47. The van der Waals surface area contributed by atoms with E-state index in [1.54, 1.807) is 0 Å². The van der Waals surface area contributed by atoms with E-state index in [0.717, 1.165) is 39.4 Å².